The zero-order valence-corrected chi connectivity index (χ0v) is 18.7. The molecule has 2 N–H and O–H groups in total. The molecule has 1 aliphatic rings. The van der Waals surface area contributed by atoms with Gasteiger partial charge in [0, 0.05) is 39.9 Å². The summed E-state index contributed by atoms with van der Waals surface area (Å²) in [7, 11) is 0. The molecule has 3 aromatic rings. The highest BCUT2D eigenvalue weighted by molar-refractivity contribution is 6.31. The summed E-state index contributed by atoms with van der Waals surface area (Å²) in [5.41, 5.74) is 2.64. The van der Waals surface area contributed by atoms with Gasteiger partial charge < -0.3 is 15.4 Å². The van der Waals surface area contributed by atoms with Gasteiger partial charge in [0.25, 0.3) is 5.91 Å². The number of amides is 1. The first-order valence-electron chi connectivity index (χ1n) is 10.9. The van der Waals surface area contributed by atoms with E-state index in [9.17, 15) is 4.79 Å². The molecule has 0 atom stereocenters. The Morgan fingerprint density at radius 3 is 2.45 bits per heavy atom. The van der Waals surface area contributed by atoms with Crippen LogP contribution in [0.1, 0.15) is 49.9 Å². The van der Waals surface area contributed by atoms with E-state index in [0.717, 1.165) is 48.0 Å². The number of nitrogens with one attached hydrogen (secondary N) is 2. The van der Waals surface area contributed by atoms with Gasteiger partial charge in [-0.05, 0) is 88.1 Å². The maximum absolute atomic E-state index is 12.6. The molecule has 162 valence electrons. The van der Waals surface area contributed by atoms with Crippen LogP contribution in [0.15, 0.2) is 54.7 Å². The van der Waals surface area contributed by atoms with Gasteiger partial charge in [-0.1, -0.05) is 11.6 Å². The summed E-state index contributed by atoms with van der Waals surface area (Å²) in [6.45, 7) is 3.97. The third kappa shape index (κ3) is 5.47. The van der Waals surface area contributed by atoms with E-state index in [1.54, 1.807) is 0 Å². The number of anilines is 1. The van der Waals surface area contributed by atoms with Crippen molar-refractivity contribution in [1.82, 2.24) is 10.3 Å². The Morgan fingerprint density at radius 1 is 1.03 bits per heavy atom. The van der Waals surface area contributed by atoms with Crippen molar-refractivity contribution >= 4 is 34.1 Å². The molecule has 0 bridgehead atoms. The smallest absolute Gasteiger partial charge is 0.251 e. The Balaban J connectivity index is 1.30. The van der Waals surface area contributed by atoms with Crippen molar-refractivity contribution in [2.75, 3.05) is 5.32 Å². The highest BCUT2D eigenvalue weighted by Crippen LogP contribution is 2.28. The molecule has 6 heteroatoms. The van der Waals surface area contributed by atoms with Gasteiger partial charge in [0.2, 0.25) is 0 Å². The molecule has 1 amide bonds. The topological polar surface area (TPSA) is 63.2 Å². The van der Waals surface area contributed by atoms with Gasteiger partial charge in [-0.2, -0.15) is 0 Å². The average Bonchev–Trinajstić information content (AvgIpc) is 2.75. The molecule has 4 rings (SSSR count). The fourth-order valence-electron chi connectivity index (χ4n) is 4.07. The summed E-state index contributed by atoms with van der Waals surface area (Å²) < 4.78 is 5.64. The monoisotopic (exact) mass is 437 g/mol. The van der Waals surface area contributed by atoms with E-state index in [1.807, 2.05) is 68.6 Å². The molecule has 0 radical (unpaired) electrons. The standard InChI is InChI=1S/C25H28ClN3O2/c1-16(2)31-21-10-3-17(4-11-21)25(30)29-20-8-6-19(7-9-20)28-23-13-14-27-24-15-18(26)5-12-22(23)24/h3-5,10-16,19-20H,6-9H2,1-2H3,(H,27,28)(H,29,30). The molecule has 1 aromatic heterocycles. The highest BCUT2D eigenvalue weighted by atomic mass is 35.5. The number of halogens is 1. The molecule has 0 aliphatic heterocycles. The third-order valence-electron chi connectivity index (χ3n) is 5.62. The van der Waals surface area contributed by atoms with Gasteiger partial charge in [-0.3, -0.25) is 9.78 Å². The van der Waals surface area contributed by atoms with E-state index in [2.05, 4.69) is 15.6 Å². The number of pyridine rings is 1. The van der Waals surface area contributed by atoms with Crippen LogP contribution in [0.2, 0.25) is 5.02 Å². The SMILES string of the molecule is CC(C)Oc1ccc(C(=O)NC2CCC(Nc3ccnc4cc(Cl)ccc34)CC2)cc1. The van der Waals surface area contributed by atoms with E-state index in [4.69, 9.17) is 16.3 Å². The fourth-order valence-corrected chi connectivity index (χ4v) is 4.24. The normalized spacial score (nSPS) is 18.7. The largest absolute Gasteiger partial charge is 0.491 e. The average molecular weight is 438 g/mol. The van der Waals surface area contributed by atoms with E-state index in [0.29, 0.717) is 16.6 Å². The van der Waals surface area contributed by atoms with Gasteiger partial charge in [0.05, 0.1) is 11.6 Å². The quantitative estimate of drug-likeness (QED) is 0.509. The number of ether oxygens (including phenoxy) is 1. The molecule has 1 saturated carbocycles. The summed E-state index contributed by atoms with van der Waals surface area (Å²) >= 11 is 6.09. The van der Waals surface area contributed by atoms with Crippen molar-refractivity contribution in [3.8, 4) is 5.75 Å². The molecule has 1 aliphatic carbocycles. The van der Waals surface area contributed by atoms with Crippen molar-refractivity contribution in [1.29, 1.82) is 0 Å². The molecule has 1 fully saturated rings. The second-order valence-electron chi connectivity index (χ2n) is 8.38. The first kappa shape index (κ1) is 21.4. The Kier molecular flexibility index (Phi) is 6.62. The predicted octanol–water partition coefficient (Wildman–Crippen LogP) is 5.83. The van der Waals surface area contributed by atoms with Crippen LogP contribution < -0.4 is 15.4 Å². The minimum atomic E-state index is -0.0236. The maximum Gasteiger partial charge on any atom is 0.251 e. The number of benzene rings is 2. The minimum Gasteiger partial charge on any atom is -0.491 e. The van der Waals surface area contributed by atoms with Gasteiger partial charge in [-0.25, -0.2) is 0 Å². The van der Waals surface area contributed by atoms with Crippen LogP contribution in [-0.2, 0) is 0 Å². The zero-order valence-electron chi connectivity index (χ0n) is 17.9. The second kappa shape index (κ2) is 9.56. The molecular weight excluding hydrogens is 410 g/mol. The maximum atomic E-state index is 12.6. The number of hydrogen-bond acceptors (Lipinski definition) is 4. The Bertz CT molecular complexity index is 1040. The van der Waals surface area contributed by atoms with Crippen LogP contribution in [-0.4, -0.2) is 29.1 Å². The predicted molar refractivity (Wildman–Crippen MR) is 126 cm³/mol. The molecule has 5 nitrogen and oxygen atoms in total. The number of hydrogen-bond donors (Lipinski definition) is 2. The summed E-state index contributed by atoms with van der Waals surface area (Å²) in [5, 5.41) is 8.61. The van der Waals surface area contributed by atoms with E-state index >= 15 is 0 Å². The molecule has 2 aromatic carbocycles. The lowest BCUT2D eigenvalue weighted by Gasteiger charge is -2.30. The van der Waals surface area contributed by atoms with E-state index in [-0.39, 0.29) is 18.1 Å². The molecule has 1 heterocycles. The third-order valence-corrected chi connectivity index (χ3v) is 5.85. The summed E-state index contributed by atoms with van der Waals surface area (Å²) in [6.07, 6.45) is 5.84. The number of carbonyl (C=O) groups excluding carboxylic acids is 1. The number of aromatic nitrogens is 1. The number of nitrogens with zero attached hydrogens (tertiary/aromatic N) is 1. The Hall–Kier alpha value is -2.79. The Morgan fingerprint density at radius 2 is 1.74 bits per heavy atom. The first-order chi connectivity index (χ1) is 15.0. The summed E-state index contributed by atoms with van der Waals surface area (Å²) in [5.74, 6) is 0.758. The highest BCUT2D eigenvalue weighted by Gasteiger charge is 2.23. The lowest BCUT2D eigenvalue weighted by atomic mass is 9.90. The zero-order chi connectivity index (χ0) is 21.8. The van der Waals surface area contributed by atoms with Crippen LogP contribution >= 0.6 is 11.6 Å². The van der Waals surface area contributed by atoms with Crippen LogP contribution in [0.3, 0.4) is 0 Å². The van der Waals surface area contributed by atoms with Crippen molar-refractivity contribution in [3.05, 3.63) is 65.3 Å². The number of rotatable bonds is 6. The van der Waals surface area contributed by atoms with Gasteiger partial charge in [-0.15, -0.1) is 0 Å². The van der Waals surface area contributed by atoms with E-state index < -0.39 is 0 Å². The lowest BCUT2D eigenvalue weighted by molar-refractivity contribution is 0.0926. The van der Waals surface area contributed by atoms with E-state index in [1.165, 1.54) is 0 Å². The minimum absolute atomic E-state index is 0.0236. The van der Waals surface area contributed by atoms with Crippen LogP contribution in [0, 0.1) is 0 Å². The number of carbonyl (C=O) groups is 1. The van der Waals surface area contributed by atoms with Crippen molar-refractivity contribution in [3.63, 3.8) is 0 Å². The summed E-state index contributed by atoms with van der Waals surface area (Å²) in [4.78, 5) is 17.0. The molecule has 0 saturated heterocycles. The Labute approximate surface area is 188 Å². The lowest BCUT2D eigenvalue weighted by Crippen LogP contribution is -2.40. The molecule has 31 heavy (non-hydrogen) atoms. The van der Waals surface area contributed by atoms with Crippen LogP contribution in [0.25, 0.3) is 10.9 Å². The van der Waals surface area contributed by atoms with Gasteiger partial charge in [0.15, 0.2) is 0 Å². The second-order valence-corrected chi connectivity index (χ2v) is 8.81. The number of fused-ring (bicyclic) bond motifs is 1. The molecule has 0 unspecified atom stereocenters. The summed E-state index contributed by atoms with van der Waals surface area (Å²) in [6, 6.07) is 15.7. The van der Waals surface area contributed by atoms with Crippen molar-refractivity contribution < 1.29 is 9.53 Å². The van der Waals surface area contributed by atoms with Gasteiger partial charge in [0.1, 0.15) is 5.75 Å². The van der Waals surface area contributed by atoms with Gasteiger partial charge >= 0.3 is 0 Å². The fraction of sp³-hybridized carbons (Fsp3) is 0.360. The van der Waals surface area contributed by atoms with Crippen LogP contribution in [0.4, 0.5) is 5.69 Å². The first-order valence-corrected chi connectivity index (χ1v) is 11.2. The van der Waals surface area contributed by atoms with Crippen molar-refractivity contribution in [2.24, 2.45) is 0 Å². The van der Waals surface area contributed by atoms with Crippen LogP contribution in [0.5, 0.6) is 5.75 Å². The molecular formula is C25H28ClN3O2. The van der Waals surface area contributed by atoms with Crippen molar-refractivity contribution in [2.45, 2.75) is 57.7 Å². The molecule has 0 spiro atoms.